The fourth-order valence-corrected chi connectivity index (χ4v) is 2.26. The van der Waals surface area contributed by atoms with Crippen LogP contribution in [-0.4, -0.2) is 36.5 Å². The Morgan fingerprint density at radius 1 is 1.67 bits per heavy atom. The van der Waals surface area contributed by atoms with E-state index in [9.17, 15) is 4.79 Å². The van der Waals surface area contributed by atoms with Crippen molar-refractivity contribution in [3.05, 3.63) is 0 Å². The zero-order valence-electron chi connectivity index (χ0n) is 7.59. The first kappa shape index (κ1) is 9.86. The summed E-state index contributed by atoms with van der Waals surface area (Å²) in [6.45, 7) is 1.87. The summed E-state index contributed by atoms with van der Waals surface area (Å²) in [5.74, 6) is 2.37. The third-order valence-electron chi connectivity index (χ3n) is 2.10. The Morgan fingerprint density at radius 2 is 2.42 bits per heavy atom. The minimum Gasteiger partial charge on any atom is -0.351 e. The van der Waals surface area contributed by atoms with Crippen LogP contribution in [0.3, 0.4) is 0 Å². The van der Waals surface area contributed by atoms with Gasteiger partial charge in [0.1, 0.15) is 0 Å². The zero-order chi connectivity index (χ0) is 8.97. The van der Waals surface area contributed by atoms with Gasteiger partial charge in [-0.25, -0.2) is 0 Å². The molecule has 4 heteroatoms. The maximum atomic E-state index is 11.3. The highest BCUT2D eigenvalue weighted by Gasteiger charge is 2.19. The zero-order valence-corrected chi connectivity index (χ0v) is 8.41. The average molecular weight is 188 g/mol. The summed E-state index contributed by atoms with van der Waals surface area (Å²) in [5, 5.41) is 5.93. The van der Waals surface area contributed by atoms with E-state index in [0.717, 1.165) is 12.2 Å². The van der Waals surface area contributed by atoms with Gasteiger partial charge in [-0.15, -0.1) is 0 Å². The van der Waals surface area contributed by atoms with E-state index in [-0.39, 0.29) is 11.9 Å². The summed E-state index contributed by atoms with van der Waals surface area (Å²) < 4.78 is 0. The highest BCUT2D eigenvalue weighted by Crippen LogP contribution is 2.16. The maximum absolute atomic E-state index is 11.3. The first-order valence-electron chi connectivity index (χ1n) is 4.29. The number of likely N-dealkylation sites (N-methyl/N-ethyl adjacent to an activating group) is 1. The second kappa shape index (κ2) is 4.72. The van der Waals surface area contributed by atoms with Crippen molar-refractivity contribution in [2.24, 2.45) is 0 Å². The molecule has 0 aliphatic carbocycles. The number of hydrogen-bond donors (Lipinski definition) is 2. The standard InChI is InChI=1S/C8H16N2OS/c1-6(9-2)8(11)10-7-3-4-12-5-7/h6-7,9H,3-5H2,1-2H3,(H,10,11)/t6-,7?/m0/s1. The molecule has 1 aliphatic heterocycles. The molecule has 12 heavy (non-hydrogen) atoms. The van der Waals surface area contributed by atoms with E-state index in [1.807, 2.05) is 18.7 Å². The van der Waals surface area contributed by atoms with Gasteiger partial charge in [-0.2, -0.15) is 11.8 Å². The predicted octanol–water partition coefficient (Wildman–Crippen LogP) is 0.216. The first-order valence-corrected chi connectivity index (χ1v) is 5.45. The van der Waals surface area contributed by atoms with Crippen molar-refractivity contribution in [1.29, 1.82) is 0 Å². The van der Waals surface area contributed by atoms with E-state index in [2.05, 4.69) is 10.6 Å². The molecule has 3 nitrogen and oxygen atoms in total. The fraction of sp³-hybridized carbons (Fsp3) is 0.875. The van der Waals surface area contributed by atoms with E-state index in [4.69, 9.17) is 0 Å². The molecule has 1 unspecified atom stereocenters. The monoisotopic (exact) mass is 188 g/mol. The van der Waals surface area contributed by atoms with Crippen molar-refractivity contribution < 1.29 is 4.79 Å². The van der Waals surface area contributed by atoms with Crippen LogP contribution in [-0.2, 0) is 4.79 Å². The SMILES string of the molecule is CN[C@@H](C)C(=O)NC1CCSC1. The highest BCUT2D eigenvalue weighted by molar-refractivity contribution is 7.99. The van der Waals surface area contributed by atoms with Crippen molar-refractivity contribution in [1.82, 2.24) is 10.6 Å². The molecule has 1 amide bonds. The Bertz CT molecular complexity index is 157. The molecule has 0 saturated carbocycles. The van der Waals surface area contributed by atoms with Gasteiger partial charge in [-0.3, -0.25) is 4.79 Å². The number of rotatable bonds is 3. The topological polar surface area (TPSA) is 41.1 Å². The first-order chi connectivity index (χ1) is 5.74. The molecule has 1 aliphatic rings. The lowest BCUT2D eigenvalue weighted by molar-refractivity contribution is -0.123. The van der Waals surface area contributed by atoms with E-state index in [0.29, 0.717) is 6.04 Å². The molecule has 0 radical (unpaired) electrons. The summed E-state index contributed by atoms with van der Waals surface area (Å²) in [6.07, 6.45) is 1.12. The maximum Gasteiger partial charge on any atom is 0.237 e. The lowest BCUT2D eigenvalue weighted by Crippen LogP contribution is -2.45. The van der Waals surface area contributed by atoms with E-state index in [1.54, 1.807) is 7.05 Å². The van der Waals surface area contributed by atoms with Gasteiger partial charge in [0.2, 0.25) is 5.91 Å². The summed E-state index contributed by atoms with van der Waals surface area (Å²) >= 11 is 1.91. The van der Waals surface area contributed by atoms with Crippen LogP contribution < -0.4 is 10.6 Å². The molecule has 2 atom stereocenters. The average Bonchev–Trinajstić information content (AvgIpc) is 2.55. The summed E-state index contributed by atoms with van der Waals surface area (Å²) in [7, 11) is 1.80. The Hall–Kier alpha value is -0.220. The minimum atomic E-state index is -0.0735. The molecule has 2 N–H and O–H groups in total. The van der Waals surface area contributed by atoms with E-state index in [1.165, 1.54) is 5.75 Å². The lowest BCUT2D eigenvalue weighted by Gasteiger charge is -2.15. The molecule has 0 spiro atoms. The van der Waals surface area contributed by atoms with Gasteiger partial charge in [0.15, 0.2) is 0 Å². The van der Waals surface area contributed by atoms with Crippen molar-refractivity contribution >= 4 is 17.7 Å². The second-order valence-corrected chi connectivity index (χ2v) is 4.23. The highest BCUT2D eigenvalue weighted by atomic mass is 32.2. The van der Waals surface area contributed by atoms with E-state index < -0.39 is 0 Å². The Morgan fingerprint density at radius 3 is 2.92 bits per heavy atom. The molecule has 0 aromatic heterocycles. The molecule has 1 saturated heterocycles. The number of amides is 1. The fourth-order valence-electron chi connectivity index (χ4n) is 1.11. The van der Waals surface area contributed by atoms with Crippen LogP contribution in [0.2, 0.25) is 0 Å². The van der Waals surface area contributed by atoms with Gasteiger partial charge in [0.25, 0.3) is 0 Å². The largest absolute Gasteiger partial charge is 0.351 e. The Balaban J connectivity index is 2.25. The second-order valence-electron chi connectivity index (χ2n) is 3.08. The predicted molar refractivity (Wildman–Crippen MR) is 52.4 cm³/mol. The molecule has 1 heterocycles. The van der Waals surface area contributed by atoms with Gasteiger partial charge < -0.3 is 10.6 Å². The normalized spacial score (nSPS) is 25.3. The molecule has 1 fully saturated rings. The van der Waals surface area contributed by atoms with Crippen molar-refractivity contribution in [2.45, 2.75) is 25.4 Å². The summed E-state index contributed by atoms with van der Waals surface area (Å²) in [6, 6.07) is 0.328. The molecule has 70 valence electrons. The van der Waals surface area contributed by atoms with Crippen molar-refractivity contribution in [3.63, 3.8) is 0 Å². The van der Waals surface area contributed by atoms with Gasteiger partial charge in [0, 0.05) is 11.8 Å². The minimum absolute atomic E-state index is 0.0735. The van der Waals surface area contributed by atoms with Crippen LogP contribution >= 0.6 is 11.8 Å². The molecule has 1 rings (SSSR count). The molecule has 0 aromatic carbocycles. The lowest BCUT2D eigenvalue weighted by atomic mass is 10.2. The Labute approximate surface area is 77.7 Å². The van der Waals surface area contributed by atoms with Gasteiger partial charge in [0.05, 0.1) is 6.04 Å². The molecular formula is C8H16N2OS. The third kappa shape index (κ3) is 2.68. The van der Waals surface area contributed by atoms with Crippen LogP contribution in [0.4, 0.5) is 0 Å². The number of nitrogens with one attached hydrogen (secondary N) is 2. The molecule has 0 aromatic rings. The number of carbonyl (C=O) groups is 1. The smallest absolute Gasteiger partial charge is 0.237 e. The van der Waals surface area contributed by atoms with Crippen LogP contribution in [0, 0.1) is 0 Å². The van der Waals surface area contributed by atoms with Crippen LogP contribution in [0.1, 0.15) is 13.3 Å². The van der Waals surface area contributed by atoms with Crippen LogP contribution in [0.25, 0.3) is 0 Å². The van der Waals surface area contributed by atoms with Gasteiger partial charge in [-0.05, 0) is 26.1 Å². The summed E-state index contributed by atoms with van der Waals surface area (Å²) in [4.78, 5) is 11.3. The Kier molecular flexibility index (Phi) is 3.88. The molecule has 0 bridgehead atoms. The number of carbonyl (C=O) groups excluding carboxylic acids is 1. The quantitative estimate of drug-likeness (QED) is 0.665. The number of hydrogen-bond acceptors (Lipinski definition) is 3. The van der Waals surface area contributed by atoms with Gasteiger partial charge >= 0.3 is 0 Å². The van der Waals surface area contributed by atoms with Crippen molar-refractivity contribution in [2.75, 3.05) is 18.6 Å². The van der Waals surface area contributed by atoms with Crippen molar-refractivity contribution in [3.8, 4) is 0 Å². The molecular weight excluding hydrogens is 172 g/mol. The van der Waals surface area contributed by atoms with Gasteiger partial charge in [-0.1, -0.05) is 0 Å². The van der Waals surface area contributed by atoms with E-state index >= 15 is 0 Å². The van der Waals surface area contributed by atoms with Crippen LogP contribution in [0.5, 0.6) is 0 Å². The summed E-state index contributed by atoms with van der Waals surface area (Å²) in [5.41, 5.74) is 0. The third-order valence-corrected chi connectivity index (χ3v) is 3.26. The number of thioether (sulfide) groups is 1. The van der Waals surface area contributed by atoms with Crippen LogP contribution in [0.15, 0.2) is 0 Å².